The van der Waals surface area contributed by atoms with E-state index in [1.807, 2.05) is 0 Å². The van der Waals surface area contributed by atoms with E-state index in [-0.39, 0.29) is 5.41 Å². The normalized spacial score (nSPS) is 22.9. The van der Waals surface area contributed by atoms with Gasteiger partial charge in [0.2, 0.25) is 0 Å². The van der Waals surface area contributed by atoms with E-state index in [9.17, 15) is 0 Å². The molecule has 0 saturated heterocycles. The fourth-order valence-electron chi connectivity index (χ4n) is 5.19. The summed E-state index contributed by atoms with van der Waals surface area (Å²) in [5.41, 5.74) is 8.12. The fraction of sp³-hybridized carbons (Fsp3) is 0.179. The van der Waals surface area contributed by atoms with E-state index >= 15 is 0 Å². The number of fused-ring (bicyclic) bond motifs is 5. The highest BCUT2D eigenvalue weighted by Gasteiger charge is 2.44. The van der Waals surface area contributed by atoms with Crippen molar-refractivity contribution in [1.29, 1.82) is 0 Å². The zero-order valence-corrected chi connectivity index (χ0v) is 17.3. The minimum Gasteiger partial charge on any atom is -0.354 e. The molecule has 146 valence electrons. The first-order valence-electron chi connectivity index (χ1n) is 10.7. The highest BCUT2D eigenvalue weighted by atomic mass is 14.9. The van der Waals surface area contributed by atoms with Crippen LogP contribution in [-0.2, 0) is 5.41 Å². The lowest BCUT2D eigenvalue weighted by Gasteiger charge is -2.32. The van der Waals surface area contributed by atoms with Gasteiger partial charge in [-0.05, 0) is 42.5 Å². The number of nitrogens with zero attached hydrogens (tertiary/aromatic N) is 1. The molecular formula is C28H24N2. The number of aromatic nitrogens is 1. The second-order valence-electron chi connectivity index (χ2n) is 8.74. The third-order valence-electron chi connectivity index (χ3n) is 6.80. The van der Waals surface area contributed by atoms with Gasteiger partial charge in [-0.2, -0.15) is 0 Å². The molecule has 2 aliphatic rings. The first-order valence-corrected chi connectivity index (χ1v) is 10.7. The average molecular weight is 389 g/mol. The average Bonchev–Trinajstić information content (AvgIpc) is 3.30. The Morgan fingerprint density at radius 2 is 1.73 bits per heavy atom. The Hall–Kier alpha value is -3.39. The summed E-state index contributed by atoms with van der Waals surface area (Å²) in [6.07, 6.45) is 8.15. The van der Waals surface area contributed by atoms with E-state index in [2.05, 4.69) is 104 Å². The lowest BCUT2D eigenvalue weighted by molar-refractivity contribution is 0.699. The van der Waals surface area contributed by atoms with Crippen molar-refractivity contribution in [2.24, 2.45) is 10.9 Å². The van der Waals surface area contributed by atoms with Gasteiger partial charge in [0.15, 0.2) is 0 Å². The van der Waals surface area contributed by atoms with Crippen molar-refractivity contribution >= 4 is 33.2 Å². The van der Waals surface area contributed by atoms with Gasteiger partial charge in [-0.3, -0.25) is 4.99 Å². The number of nitrogens with one attached hydrogen (secondary N) is 1. The summed E-state index contributed by atoms with van der Waals surface area (Å²) in [4.78, 5) is 8.94. The second-order valence-corrected chi connectivity index (χ2v) is 8.74. The molecule has 1 aliphatic carbocycles. The van der Waals surface area contributed by atoms with Crippen molar-refractivity contribution in [3.63, 3.8) is 0 Å². The van der Waals surface area contributed by atoms with Gasteiger partial charge in [-0.15, -0.1) is 0 Å². The van der Waals surface area contributed by atoms with Crippen LogP contribution >= 0.6 is 0 Å². The highest BCUT2D eigenvalue weighted by Crippen LogP contribution is 2.51. The number of benzene rings is 3. The number of aliphatic imine (C=N–C) groups is 1. The number of H-pyrrole nitrogens is 1. The van der Waals surface area contributed by atoms with Gasteiger partial charge in [0.05, 0.1) is 22.3 Å². The van der Waals surface area contributed by atoms with E-state index in [1.54, 1.807) is 0 Å². The Kier molecular flexibility index (Phi) is 3.67. The van der Waals surface area contributed by atoms with Crippen molar-refractivity contribution in [3.8, 4) is 0 Å². The van der Waals surface area contributed by atoms with Gasteiger partial charge < -0.3 is 4.98 Å². The minimum absolute atomic E-state index is 0.298. The molecule has 6 rings (SSSR count). The molecule has 0 saturated carbocycles. The zero-order valence-electron chi connectivity index (χ0n) is 17.3. The van der Waals surface area contributed by atoms with Crippen molar-refractivity contribution in [2.75, 3.05) is 0 Å². The van der Waals surface area contributed by atoms with Crippen LogP contribution in [0.1, 0.15) is 31.4 Å². The highest BCUT2D eigenvalue weighted by molar-refractivity contribution is 6.19. The first kappa shape index (κ1) is 17.5. The van der Waals surface area contributed by atoms with Crippen LogP contribution in [0.3, 0.4) is 0 Å². The molecule has 1 N–H and O–H groups in total. The molecule has 0 amide bonds. The molecule has 1 aliphatic heterocycles. The number of aromatic amines is 1. The smallest absolute Gasteiger partial charge is 0.0700 e. The summed E-state index contributed by atoms with van der Waals surface area (Å²) in [5.74, 6) is 0.583. The molecule has 0 fully saturated rings. The summed E-state index contributed by atoms with van der Waals surface area (Å²) in [6, 6.07) is 23.6. The van der Waals surface area contributed by atoms with Crippen LogP contribution in [0.5, 0.6) is 0 Å². The molecule has 2 unspecified atom stereocenters. The third-order valence-corrected chi connectivity index (χ3v) is 6.80. The van der Waals surface area contributed by atoms with Crippen LogP contribution in [0.15, 0.2) is 95.5 Å². The number of rotatable bonds is 2. The van der Waals surface area contributed by atoms with Gasteiger partial charge in [0.1, 0.15) is 0 Å². The molecule has 30 heavy (non-hydrogen) atoms. The molecule has 4 aromatic rings. The van der Waals surface area contributed by atoms with E-state index < -0.39 is 0 Å². The quantitative estimate of drug-likeness (QED) is 0.375. The maximum Gasteiger partial charge on any atom is 0.0700 e. The lowest BCUT2D eigenvalue weighted by Crippen LogP contribution is -2.33. The number of hydrogen-bond donors (Lipinski definition) is 1. The van der Waals surface area contributed by atoms with E-state index in [1.165, 1.54) is 38.5 Å². The number of para-hydroxylation sites is 1. The van der Waals surface area contributed by atoms with Gasteiger partial charge >= 0.3 is 0 Å². The molecule has 2 heterocycles. The Balaban J connectivity index is 1.68. The Bertz CT molecular complexity index is 1380. The van der Waals surface area contributed by atoms with Crippen molar-refractivity contribution < 1.29 is 0 Å². The van der Waals surface area contributed by atoms with Crippen molar-refractivity contribution in [3.05, 3.63) is 102 Å². The van der Waals surface area contributed by atoms with Crippen molar-refractivity contribution in [1.82, 2.24) is 4.98 Å². The lowest BCUT2D eigenvalue weighted by atomic mass is 9.69. The Morgan fingerprint density at radius 1 is 0.933 bits per heavy atom. The molecule has 0 bridgehead atoms. The van der Waals surface area contributed by atoms with Crippen LogP contribution in [0.2, 0.25) is 0 Å². The maximum absolute atomic E-state index is 5.21. The summed E-state index contributed by atoms with van der Waals surface area (Å²) in [6.45, 7) is 4.62. The summed E-state index contributed by atoms with van der Waals surface area (Å²) < 4.78 is 0. The van der Waals surface area contributed by atoms with Gasteiger partial charge in [-0.1, -0.05) is 79.7 Å². The number of allylic oxidation sites excluding steroid dienone is 4. The predicted octanol–water partition coefficient (Wildman–Crippen LogP) is 7.24. The van der Waals surface area contributed by atoms with Crippen molar-refractivity contribution in [2.45, 2.75) is 25.7 Å². The second kappa shape index (κ2) is 6.30. The van der Waals surface area contributed by atoms with Crippen LogP contribution in [0.25, 0.3) is 21.8 Å². The minimum atomic E-state index is -0.298. The summed E-state index contributed by atoms with van der Waals surface area (Å²) in [7, 11) is 0. The first-order chi connectivity index (χ1) is 14.7. The van der Waals surface area contributed by atoms with Gasteiger partial charge in [-0.25, -0.2) is 0 Å². The SMILES string of the molecule is CC1C=CC(C2(C)C(c3ccccc3)=Nc3ccc4c([nH]c5ccccc54)c32)=CC1. The summed E-state index contributed by atoms with van der Waals surface area (Å²) >= 11 is 0. The summed E-state index contributed by atoms with van der Waals surface area (Å²) in [5, 5.41) is 2.54. The van der Waals surface area contributed by atoms with Crippen LogP contribution in [-0.4, -0.2) is 10.7 Å². The molecular weight excluding hydrogens is 364 g/mol. The van der Waals surface area contributed by atoms with E-state index in [0.29, 0.717) is 5.92 Å². The monoisotopic (exact) mass is 388 g/mol. The van der Waals surface area contributed by atoms with Crippen LogP contribution in [0.4, 0.5) is 5.69 Å². The molecule has 1 aromatic heterocycles. The third kappa shape index (κ3) is 2.34. The predicted molar refractivity (Wildman–Crippen MR) is 127 cm³/mol. The molecule has 3 aromatic carbocycles. The number of hydrogen-bond acceptors (Lipinski definition) is 1. The largest absolute Gasteiger partial charge is 0.354 e. The van der Waals surface area contributed by atoms with Crippen LogP contribution < -0.4 is 0 Å². The molecule has 0 radical (unpaired) electrons. The zero-order chi connectivity index (χ0) is 20.3. The van der Waals surface area contributed by atoms with Gasteiger partial charge in [0.25, 0.3) is 0 Å². The molecule has 2 heteroatoms. The van der Waals surface area contributed by atoms with E-state index in [0.717, 1.165) is 17.8 Å². The molecule has 2 nitrogen and oxygen atoms in total. The Labute approximate surface area is 176 Å². The molecule has 0 spiro atoms. The van der Waals surface area contributed by atoms with Gasteiger partial charge in [0, 0.05) is 21.9 Å². The fourth-order valence-corrected chi connectivity index (χ4v) is 5.19. The van der Waals surface area contributed by atoms with Crippen LogP contribution in [0, 0.1) is 5.92 Å². The molecule has 2 atom stereocenters. The standard InChI is InChI=1S/C28H24N2/c1-18-12-14-20(15-13-18)28(2)25-24(30-27(28)19-8-4-3-5-9-19)17-16-22-21-10-6-7-11-23(21)29-26(22)25/h3-12,14-18,29H,13H2,1-2H3. The maximum atomic E-state index is 5.21. The Morgan fingerprint density at radius 3 is 2.53 bits per heavy atom. The topological polar surface area (TPSA) is 28.1 Å². The van der Waals surface area contributed by atoms with E-state index in [4.69, 9.17) is 4.99 Å².